The fraction of sp³-hybridized carbons (Fsp3) is 0.318. The monoisotopic (exact) mass is 443 g/mol. The summed E-state index contributed by atoms with van der Waals surface area (Å²) in [5.74, 6) is -0.860. The Balaban J connectivity index is 1.38. The summed E-state index contributed by atoms with van der Waals surface area (Å²) in [4.78, 5) is 11.2. The first-order valence-electron chi connectivity index (χ1n) is 10.1. The molecule has 1 amide bonds. The molecule has 1 fully saturated rings. The molecular weight excluding hydrogens is 421 g/mol. The number of nitrogens with zero attached hydrogens (tertiary/aromatic N) is 2. The lowest BCUT2D eigenvalue weighted by molar-refractivity contribution is -0.174. The number of hydrogen-bond donors (Lipinski definition) is 2. The molecule has 3 heterocycles. The molecule has 2 N–H and O–H groups in total. The van der Waals surface area contributed by atoms with Gasteiger partial charge in [0.1, 0.15) is 23.5 Å². The maximum absolute atomic E-state index is 13.1. The van der Waals surface area contributed by atoms with E-state index in [0.717, 1.165) is 0 Å². The van der Waals surface area contributed by atoms with Gasteiger partial charge in [0.25, 0.3) is 0 Å². The molecule has 2 aromatic heterocycles. The van der Waals surface area contributed by atoms with Crippen LogP contribution >= 0.6 is 0 Å². The van der Waals surface area contributed by atoms with Crippen molar-refractivity contribution in [1.29, 1.82) is 0 Å². The van der Waals surface area contributed by atoms with Crippen LogP contribution in [0.1, 0.15) is 36.7 Å². The van der Waals surface area contributed by atoms with E-state index in [4.69, 9.17) is 18.5 Å². The van der Waals surface area contributed by atoms with Gasteiger partial charge < -0.3 is 28.9 Å². The lowest BCUT2D eigenvalue weighted by Crippen LogP contribution is -2.27. The third-order valence-electron chi connectivity index (χ3n) is 5.07. The van der Waals surface area contributed by atoms with Crippen LogP contribution in [0, 0.1) is 5.82 Å². The number of nitrogens with one attached hydrogen (secondary N) is 1. The average Bonchev–Trinajstić information content (AvgIpc) is 3.55. The average molecular weight is 443 g/mol. The Labute approximate surface area is 182 Å². The molecule has 4 rings (SSSR count). The summed E-state index contributed by atoms with van der Waals surface area (Å²) in [6.07, 6.45) is 5.59. The molecule has 10 heteroatoms. The second kappa shape index (κ2) is 9.75. The number of halogens is 1. The zero-order valence-corrected chi connectivity index (χ0v) is 17.1. The third kappa shape index (κ3) is 5.04. The normalized spacial score (nSPS) is 16.4. The summed E-state index contributed by atoms with van der Waals surface area (Å²) >= 11 is 0. The molecule has 0 aliphatic carbocycles. The SMILES string of the molecule is O=C(O)NC(C/C=C/CCC1(c2ccon2)OCCO1)c1cc(-c2ccc(F)cc2)on1. The zero-order valence-electron chi connectivity index (χ0n) is 17.1. The quantitative estimate of drug-likeness (QED) is 0.467. The maximum atomic E-state index is 13.1. The van der Waals surface area contributed by atoms with Gasteiger partial charge in [0, 0.05) is 24.1 Å². The van der Waals surface area contributed by atoms with E-state index < -0.39 is 17.9 Å². The zero-order chi connectivity index (χ0) is 22.4. The highest BCUT2D eigenvalue weighted by molar-refractivity contribution is 5.65. The van der Waals surface area contributed by atoms with E-state index in [9.17, 15) is 14.3 Å². The standard InChI is InChI=1S/C22H22FN3O6/c23-16-7-5-15(6-8-16)19-14-18(25-32-19)17(24-21(27)28)4-2-1-3-10-22(29-12-13-30-22)20-9-11-31-26-20/h1-2,5-9,11,14,17,24H,3-4,10,12-13H2,(H,27,28)/b2-1+. The van der Waals surface area contributed by atoms with E-state index >= 15 is 0 Å². The smallest absolute Gasteiger partial charge is 0.405 e. The van der Waals surface area contributed by atoms with Gasteiger partial charge in [0.15, 0.2) is 5.76 Å². The van der Waals surface area contributed by atoms with Crippen LogP contribution in [-0.4, -0.2) is 34.7 Å². The Kier molecular flexibility index (Phi) is 6.62. The minimum Gasteiger partial charge on any atom is -0.465 e. The molecule has 1 aromatic carbocycles. The molecule has 1 aliphatic rings. The molecule has 0 saturated carbocycles. The fourth-order valence-corrected chi connectivity index (χ4v) is 3.51. The molecule has 168 valence electrons. The minimum absolute atomic E-state index is 0.359. The molecule has 32 heavy (non-hydrogen) atoms. The number of rotatable bonds is 9. The number of allylic oxidation sites excluding steroid dienone is 1. The van der Waals surface area contributed by atoms with E-state index in [0.29, 0.717) is 55.2 Å². The molecule has 0 spiro atoms. The number of hydrogen-bond acceptors (Lipinski definition) is 7. The number of aromatic nitrogens is 2. The second-order valence-corrected chi connectivity index (χ2v) is 7.21. The molecule has 1 saturated heterocycles. The topological polar surface area (TPSA) is 120 Å². The number of benzene rings is 1. The summed E-state index contributed by atoms with van der Waals surface area (Å²) in [6, 6.07) is 8.51. The van der Waals surface area contributed by atoms with E-state index in [1.165, 1.54) is 18.4 Å². The Morgan fingerprint density at radius 2 is 1.97 bits per heavy atom. The Hall–Kier alpha value is -3.50. The molecule has 1 aliphatic heterocycles. The van der Waals surface area contributed by atoms with E-state index in [1.807, 2.05) is 12.2 Å². The molecule has 0 radical (unpaired) electrons. The second-order valence-electron chi connectivity index (χ2n) is 7.21. The van der Waals surface area contributed by atoms with Gasteiger partial charge in [-0.15, -0.1) is 0 Å². The van der Waals surface area contributed by atoms with Gasteiger partial charge in [-0.2, -0.15) is 0 Å². The Morgan fingerprint density at radius 1 is 1.19 bits per heavy atom. The fourth-order valence-electron chi connectivity index (χ4n) is 3.51. The number of amides is 1. The van der Waals surface area contributed by atoms with Crippen molar-refractivity contribution in [2.45, 2.75) is 31.1 Å². The van der Waals surface area contributed by atoms with Crippen LogP contribution in [0.5, 0.6) is 0 Å². The summed E-state index contributed by atoms with van der Waals surface area (Å²) < 4.78 is 34.9. The Bertz CT molecular complexity index is 1040. The Morgan fingerprint density at radius 3 is 2.66 bits per heavy atom. The van der Waals surface area contributed by atoms with E-state index in [2.05, 4.69) is 15.6 Å². The van der Waals surface area contributed by atoms with Crippen LogP contribution < -0.4 is 5.32 Å². The van der Waals surface area contributed by atoms with Crippen molar-refractivity contribution in [3.05, 3.63) is 72.0 Å². The summed E-state index contributed by atoms with van der Waals surface area (Å²) in [7, 11) is 0. The van der Waals surface area contributed by atoms with Gasteiger partial charge in [0.2, 0.25) is 5.79 Å². The van der Waals surface area contributed by atoms with Crippen LogP contribution in [0.4, 0.5) is 9.18 Å². The molecule has 0 bridgehead atoms. The summed E-state index contributed by atoms with van der Waals surface area (Å²) in [6.45, 7) is 0.952. The van der Waals surface area contributed by atoms with E-state index in [-0.39, 0.29) is 5.82 Å². The number of carboxylic acid groups (broad SMARTS) is 1. The van der Waals surface area contributed by atoms with Gasteiger partial charge in [-0.3, -0.25) is 0 Å². The van der Waals surface area contributed by atoms with Crippen molar-refractivity contribution in [3.8, 4) is 11.3 Å². The van der Waals surface area contributed by atoms with Gasteiger partial charge in [-0.1, -0.05) is 22.5 Å². The third-order valence-corrected chi connectivity index (χ3v) is 5.07. The minimum atomic E-state index is -1.17. The van der Waals surface area contributed by atoms with Crippen LogP contribution in [0.15, 0.2) is 63.9 Å². The molecule has 3 aromatic rings. The number of carbonyl (C=O) groups is 1. The van der Waals surface area contributed by atoms with Gasteiger partial charge >= 0.3 is 6.09 Å². The molecular formula is C22H22FN3O6. The predicted octanol–water partition coefficient (Wildman–Crippen LogP) is 4.40. The van der Waals surface area contributed by atoms with Crippen LogP contribution in [0.2, 0.25) is 0 Å². The van der Waals surface area contributed by atoms with Gasteiger partial charge in [-0.25, -0.2) is 9.18 Å². The van der Waals surface area contributed by atoms with Crippen LogP contribution in [0.3, 0.4) is 0 Å². The van der Waals surface area contributed by atoms with Gasteiger partial charge in [-0.05, 0) is 37.1 Å². The first kappa shape index (κ1) is 21.7. The highest BCUT2D eigenvalue weighted by atomic mass is 19.1. The van der Waals surface area contributed by atoms with Crippen molar-refractivity contribution in [1.82, 2.24) is 15.6 Å². The van der Waals surface area contributed by atoms with Crippen molar-refractivity contribution in [2.75, 3.05) is 13.2 Å². The summed E-state index contributed by atoms with van der Waals surface area (Å²) in [5, 5.41) is 19.6. The lowest BCUT2D eigenvalue weighted by Gasteiger charge is -2.24. The van der Waals surface area contributed by atoms with Crippen LogP contribution in [0.25, 0.3) is 11.3 Å². The van der Waals surface area contributed by atoms with Crippen molar-refractivity contribution >= 4 is 6.09 Å². The first-order valence-corrected chi connectivity index (χ1v) is 10.1. The van der Waals surface area contributed by atoms with E-state index in [1.54, 1.807) is 24.3 Å². The van der Waals surface area contributed by atoms with Crippen molar-refractivity contribution < 1.29 is 32.8 Å². The maximum Gasteiger partial charge on any atom is 0.405 e. The molecule has 9 nitrogen and oxygen atoms in total. The summed E-state index contributed by atoms with van der Waals surface area (Å²) in [5.41, 5.74) is 1.66. The first-order chi connectivity index (χ1) is 15.6. The number of ether oxygens (including phenoxy) is 2. The highest BCUT2D eigenvalue weighted by Crippen LogP contribution is 2.35. The van der Waals surface area contributed by atoms with Crippen molar-refractivity contribution in [3.63, 3.8) is 0 Å². The largest absolute Gasteiger partial charge is 0.465 e. The lowest BCUT2D eigenvalue weighted by atomic mass is 10.0. The predicted molar refractivity (Wildman–Crippen MR) is 109 cm³/mol. The van der Waals surface area contributed by atoms with Crippen LogP contribution in [-0.2, 0) is 15.3 Å². The van der Waals surface area contributed by atoms with Crippen molar-refractivity contribution in [2.24, 2.45) is 0 Å². The molecule has 1 unspecified atom stereocenters. The van der Waals surface area contributed by atoms with Gasteiger partial charge in [0.05, 0.1) is 19.3 Å². The highest BCUT2D eigenvalue weighted by Gasteiger charge is 2.40. The molecule has 1 atom stereocenters.